The number of benzene rings is 1. The molecule has 1 atom stereocenters. The lowest BCUT2D eigenvalue weighted by molar-refractivity contribution is 0.0169. The number of methoxy groups -OCH3 is 2. The van der Waals surface area contributed by atoms with Crippen molar-refractivity contribution >= 4 is 29.9 Å². The molecule has 154 valence electrons. The molecule has 8 heteroatoms. The fourth-order valence-corrected chi connectivity index (χ4v) is 3.06. The zero-order chi connectivity index (χ0) is 18.8. The van der Waals surface area contributed by atoms with Gasteiger partial charge in [0.15, 0.2) is 17.5 Å². The predicted molar refractivity (Wildman–Crippen MR) is 120 cm³/mol. The van der Waals surface area contributed by atoms with Gasteiger partial charge in [-0.3, -0.25) is 9.89 Å². The van der Waals surface area contributed by atoms with E-state index >= 15 is 0 Å². The number of halogens is 1. The normalized spacial score (nSPS) is 16.2. The Kier molecular flexibility index (Phi) is 11.5. The summed E-state index contributed by atoms with van der Waals surface area (Å²) in [6.45, 7) is 7.11. The molecule has 7 nitrogen and oxygen atoms in total. The second-order valence-corrected chi connectivity index (χ2v) is 6.16. The van der Waals surface area contributed by atoms with E-state index in [-0.39, 0.29) is 30.0 Å². The minimum Gasteiger partial charge on any atom is -0.493 e. The van der Waals surface area contributed by atoms with E-state index in [0.29, 0.717) is 0 Å². The van der Waals surface area contributed by atoms with Crippen molar-refractivity contribution in [2.24, 2.45) is 4.99 Å². The Morgan fingerprint density at radius 1 is 1.19 bits per heavy atom. The van der Waals surface area contributed by atoms with Crippen LogP contribution < -0.4 is 20.1 Å². The lowest BCUT2D eigenvalue weighted by Gasteiger charge is -2.35. The molecule has 1 heterocycles. The maximum absolute atomic E-state index is 5.52. The summed E-state index contributed by atoms with van der Waals surface area (Å²) < 4.78 is 16.4. The molecule has 0 radical (unpaired) electrons. The molecule has 2 N–H and O–H groups in total. The van der Waals surface area contributed by atoms with Gasteiger partial charge in [0, 0.05) is 33.2 Å². The van der Waals surface area contributed by atoms with E-state index in [9.17, 15) is 0 Å². The van der Waals surface area contributed by atoms with Crippen LogP contribution in [0.5, 0.6) is 11.5 Å². The fraction of sp³-hybridized carbons (Fsp3) is 0.632. The largest absolute Gasteiger partial charge is 0.493 e. The van der Waals surface area contributed by atoms with Gasteiger partial charge in [-0.2, -0.15) is 0 Å². The van der Waals surface area contributed by atoms with Gasteiger partial charge in [0.25, 0.3) is 0 Å². The number of morpholine rings is 1. The Hall–Kier alpha value is -1.26. The first-order valence-electron chi connectivity index (χ1n) is 9.21. The molecule has 1 unspecified atom stereocenters. The van der Waals surface area contributed by atoms with Gasteiger partial charge in [0.1, 0.15) is 0 Å². The second-order valence-electron chi connectivity index (χ2n) is 6.16. The average molecular weight is 492 g/mol. The molecule has 1 saturated heterocycles. The Morgan fingerprint density at radius 2 is 1.89 bits per heavy atom. The van der Waals surface area contributed by atoms with Crippen molar-refractivity contribution in [3.05, 3.63) is 23.8 Å². The molecule has 2 rings (SSSR count). The monoisotopic (exact) mass is 492 g/mol. The van der Waals surface area contributed by atoms with Crippen LogP contribution in [-0.4, -0.2) is 71.5 Å². The van der Waals surface area contributed by atoms with E-state index in [1.165, 1.54) is 5.56 Å². The summed E-state index contributed by atoms with van der Waals surface area (Å²) in [5, 5.41) is 6.77. The SMILES string of the molecule is CCCNC(=NC)NCC(c1ccc(OC)c(OC)c1)N1CCOCC1.I. The van der Waals surface area contributed by atoms with Crippen molar-refractivity contribution in [2.75, 3.05) is 60.7 Å². The Balaban J connectivity index is 0.00000364. The van der Waals surface area contributed by atoms with Gasteiger partial charge in [-0.15, -0.1) is 24.0 Å². The molecule has 1 aromatic carbocycles. The summed E-state index contributed by atoms with van der Waals surface area (Å²) in [4.78, 5) is 6.74. The molecule has 0 aliphatic carbocycles. The summed E-state index contributed by atoms with van der Waals surface area (Å²) in [7, 11) is 5.12. The smallest absolute Gasteiger partial charge is 0.191 e. The lowest BCUT2D eigenvalue weighted by atomic mass is 10.0. The molecule has 0 aromatic heterocycles. The second kappa shape index (κ2) is 13.0. The van der Waals surface area contributed by atoms with Crippen LogP contribution in [0.4, 0.5) is 0 Å². The quantitative estimate of drug-likeness (QED) is 0.330. The number of nitrogens with zero attached hydrogens (tertiary/aromatic N) is 2. The highest BCUT2D eigenvalue weighted by Crippen LogP contribution is 2.32. The maximum Gasteiger partial charge on any atom is 0.191 e. The minimum atomic E-state index is 0. The molecular weight excluding hydrogens is 459 g/mol. The van der Waals surface area contributed by atoms with Crippen LogP contribution in [0.1, 0.15) is 24.9 Å². The van der Waals surface area contributed by atoms with E-state index in [0.717, 1.165) is 63.3 Å². The topological polar surface area (TPSA) is 67.4 Å². The fourth-order valence-electron chi connectivity index (χ4n) is 3.06. The number of nitrogens with one attached hydrogen (secondary N) is 2. The summed E-state index contributed by atoms with van der Waals surface area (Å²) in [6.07, 6.45) is 1.06. The Labute approximate surface area is 179 Å². The van der Waals surface area contributed by atoms with Crippen molar-refractivity contribution in [2.45, 2.75) is 19.4 Å². The van der Waals surface area contributed by atoms with Gasteiger partial charge in [0.2, 0.25) is 0 Å². The van der Waals surface area contributed by atoms with Gasteiger partial charge in [0.05, 0.1) is 33.5 Å². The first-order chi connectivity index (χ1) is 12.7. The van der Waals surface area contributed by atoms with Gasteiger partial charge < -0.3 is 24.8 Å². The number of ether oxygens (including phenoxy) is 3. The number of guanidine groups is 1. The standard InChI is InChI=1S/C19H32N4O3.HI/c1-5-8-21-19(20-2)22-14-16(23-9-11-26-12-10-23)15-6-7-17(24-3)18(13-15)25-4;/h6-7,13,16H,5,8-12,14H2,1-4H3,(H2,20,21,22);1H. The molecule has 1 aliphatic rings. The number of hydrogen-bond acceptors (Lipinski definition) is 5. The lowest BCUT2D eigenvalue weighted by Crippen LogP contribution is -2.46. The molecule has 0 bridgehead atoms. The summed E-state index contributed by atoms with van der Waals surface area (Å²) in [5.74, 6) is 2.31. The molecule has 1 aromatic rings. The summed E-state index contributed by atoms with van der Waals surface area (Å²) in [5.41, 5.74) is 1.18. The number of hydrogen-bond donors (Lipinski definition) is 2. The third-order valence-electron chi connectivity index (χ3n) is 4.51. The van der Waals surface area contributed by atoms with Crippen molar-refractivity contribution < 1.29 is 14.2 Å². The number of rotatable bonds is 8. The first kappa shape index (κ1) is 23.8. The highest BCUT2D eigenvalue weighted by Gasteiger charge is 2.24. The molecule has 1 fully saturated rings. The van der Waals surface area contributed by atoms with Crippen molar-refractivity contribution in [1.29, 1.82) is 0 Å². The summed E-state index contributed by atoms with van der Waals surface area (Å²) >= 11 is 0. The van der Waals surface area contributed by atoms with Crippen molar-refractivity contribution in [3.63, 3.8) is 0 Å². The van der Waals surface area contributed by atoms with Gasteiger partial charge in [-0.05, 0) is 24.1 Å². The first-order valence-corrected chi connectivity index (χ1v) is 9.21. The van der Waals surface area contributed by atoms with Crippen LogP contribution >= 0.6 is 24.0 Å². The van der Waals surface area contributed by atoms with Gasteiger partial charge in [-0.1, -0.05) is 13.0 Å². The molecular formula is C19H33IN4O3. The van der Waals surface area contributed by atoms with Gasteiger partial charge in [-0.25, -0.2) is 0 Å². The third-order valence-corrected chi connectivity index (χ3v) is 4.51. The third kappa shape index (κ3) is 7.00. The van der Waals surface area contributed by atoms with Crippen LogP contribution in [0.2, 0.25) is 0 Å². The molecule has 0 amide bonds. The van der Waals surface area contributed by atoms with E-state index in [2.05, 4.69) is 39.6 Å². The minimum absolute atomic E-state index is 0. The van der Waals surface area contributed by atoms with E-state index in [4.69, 9.17) is 14.2 Å². The maximum atomic E-state index is 5.52. The average Bonchev–Trinajstić information content (AvgIpc) is 2.71. The molecule has 0 saturated carbocycles. The van der Waals surface area contributed by atoms with Crippen molar-refractivity contribution in [3.8, 4) is 11.5 Å². The molecule has 0 spiro atoms. The van der Waals surface area contributed by atoms with Crippen LogP contribution in [0.25, 0.3) is 0 Å². The van der Waals surface area contributed by atoms with E-state index in [1.807, 2.05) is 6.07 Å². The van der Waals surface area contributed by atoms with Crippen LogP contribution in [0.3, 0.4) is 0 Å². The molecule has 27 heavy (non-hydrogen) atoms. The van der Waals surface area contributed by atoms with Crippen LogP contribution in [0, 0.1) is 0 Å². The van der Waals surface area contributed by atoms with Crippen LogP contribution in [-0.2, 0) is 4.74 Å². The van der Waals surface area contributed by atoms with E-state index < -0.39 is 0 Å². The summed E-state index contributed by atoms with van der Waals surface area (Å²) in [6, 6.07) is 6.32. The van der Waals surface area contributed by atoms with Crippen LogP contribution in [0.15, 0.2) is 23.2 Å². The zero-order valence-corrected chi connectivity index (χ0v) is 19.1. The highest BCUT2D eigenvalue weighted by molar-refractivity contribution is 14.0. The highest BCUT2D eigenvalue weighted by atomic mass is 127. The van der Waals surface area contributed by atoms with Crippen molar-refractivity contribution in [1.82, 2.24) is 15.5 Å². The predicted octanol–water partition coefficient (Wildman–Crippen LogP) is 2.27. The number of aliphatic imine (C=N–C) groups is 1. The Morgan fingerprint density at radius 3 is 2.48 bits per heavy atom. The zero-order valence-electron chi connectivity index (χ0n) is 16.8. The Bertz CT molecular complexity index is 580. The molecule has 1 aliphatic heterocycles. The van der Waals surface area contributed by atoms with Gasteiger partial charge >= 0.3 is 0 Å². The van der Waals surface area contributed by atoms with E-state index in [1.54, 1.807) is 21.3 Å².